The van der Waals surface area contributed by atoms with E-state index >= 15 is 0 Å². The van der Waals surface area contributed by atoms with Crippen LogP contribution in [0.2, 0.25) is 0 Å². The molecule has 5 nitrogen and oxygen atoms in total. The Morgan fingerprint density at radius 2 is 1.70 bits per heavy atom. The van der Waals surface area contributed by atoms with Crippen molar-refractivity contribution < 1.29 is 13.5 Å². The lowest BCUT2D eigenvalue weighted by molar-refractivity contribution is 0.178. The van der Waals surface area contributed by atoms with Crippen LogP contribution in [0.25, 0.3) is 5.57 Å². The highest BCUT2D eigenvalue weighted by Gasteiger charge is 2.42. The van der Waals surface area contributed by atoms with Crippen LogP contribution in [-0.2, 0) is 23.9 Å². The van der Waals surface area contributed by atoms with Crippen molar-refractivity contribution in [3.8, 4) is 5.75 Å². The molecule has 0 bridgehead atoms. The Morgan fingerprint density at radius 1 is 0.919 bits per heavy atom. The molecule has 2 unspecified atom stereocenters. The lowest BCUT2D eigenvalue weighted by Gasteiger charge is -2.47. The molecule has 5 aliphatic heterocycles. The molecular formula is C31H31N2O3S-. The van der Waals surface area contributed by atoms with Crippen LogP contribution in [0.5, 0.6) is 5.75 Å². The predicted molar refractivity (Wildman–Crippen MR) is 145 cm³/mol. The summed E-state index contributed by atoms with van der Waals surface area (Å²) in [5.74, 6) is 1.97. The zero-order valence-corrected chi connectivity index (χ0v) is 21.9. The molecule has 6 heteroatoms. The van der Waals surface area contributed by atoms with Gasteiger partial charge in [0.25, 0.3) is 0 Å². The van der Waals surface area contributed by atoms with E-state index in [1.54, 1.807) is 6.07 Å². The first-order chi connectivity index (χ1) is 18.2. The largest absolute Gasteiger partial charge is 0.768 e. The fourth-order valence-electron chi connectivity index (χ4n) is 7.89. The minimum atomic E-state index is -2.33. The van der Waals surface area contributed by atoms with Crippen molar-refractivity contribution in [2.24, 2.45) is 0 Å². The van der Waals surface area contributed by atoms with Crippen molar-refractivity contribution in [2.45, 2.75) is 62.3 Å². The maximum Gasteiger partial charge on any atom is 0.140 e. The van der Waals surface area contributed by atoms with E-state index in [2.05, 4.69) is 21.9 Å². The van der Waals surface area contributed by atoms with Gasteiger partial charge in [0.1, 0.15) is 11.5 Å². The summed E-state index contributed by atoms with van der Waals surface area (Å²) < 4.78 is 32.0. The van der Waals surface area contributed by atoms with Crippen LogP contribution in [0.15, 0.2) is 63.8 Å². The second kappa shape index (κ2) is 8.42. The van der Waals surface area contributed by atoms with E-state index in [4.69, 9.17) is 4.74 Å². The molecular weight excluding hydrogens is 480 g/mol. The summed E-state index contributed by atoms with van der Waals surface area (Å²) in [6, 6.07) is 10.2. The van der Waals surface area contributed by atoms with E-state index in [-0.39, 0.29) is 0 Å². The molecule has 2 fully saturated rings. The summed E-state index contributed by atoms with van der Waals surface area (Å²) in [6.07, 6.45) is 11.2. The Hall–Kier alpha value is -2.67. The van der Waals surface area contributed by atoms with Crippen molar-refractivity contribution in [1.29, 1.82) is 0 Å². The lowest BCUT2D eigenvalue weighted by Crippen LogP contribution is -2.47. The second-order valence-corrected chi connectivity index (χ2v) is 12.2. The molecule has 0 aromatic heterocycles. The summed E-state index contributed by atoms with van der Waals surface area (Å²) in [4.78, 5) is 5.56. The van der Waals surface area contributed by atoms with E-state index < -0.39 is 11.1 Å². The molecule has 2 aromatic rings. The molecule has 0 spiro atoms. The van der Waals surface area contributed by atoms with Gasteiger partial charge in [-0.05, 0) is 116 Å². The molecule has 37 heavy (non-hydrogen) atoms. The van der Waals surface area contributed by atoms with Crippen molar-refractivity contribution in [2.75, 3.05) is 31.1 Å². The average molecular weight is 512 g/mol. The first-order valence-corrected chi connectivity index (χ1v) is 15.0. The van der Waals surface area contributed by atoms with Crippen LogP contribution < -0.4 is 9.64 Å². The molecule has 2 atom stereocenters. The third-order valence-electron chi connectivity index (χ3n) is 9.27. The van der Waals surface area contributed by atoms with E-state index in [0.717, 1.165) is 105 Å². The molecule has 2 aromatic carbocycles. The quantitative estimate of drug-likeness (QED) is 0.514. The molecule has 5 heterocycles. The molecule has 6 aliphatic rings. The number of piperidine rings is 2. The number of ether oxygens (including phenoxy) is 1. The number of allylic oxidation sites excluding steroid dienone is 1. The minimum absolute atomic E-state index is 0.346. The monoisotopic (exact) mass is 511 g/mol. The Morgan fingerprint density at radius 3 is 2.57 bits per heavy atom. The number of benzene rings is 2. The lowest BCUT2D eigenvalue weighted by atomic mass is 9.75. The van der Waals surface area contributed by atoms with Crippen LogP contribution in [0.4, 0.5) is 5.69 Å². The molecule has 1 aliphatic carbocycles. The van der Waals surface area contributed by atoms with Gasteiger partial charge in [0.2, 0.25) is 0 Å². The predicted octanol–water partition coefficient (Wildman–Crippen LogP) is 5.27. The van der Waals surface area contributed by atoms with Crippen LogP contribution in [0, 0.1) is 0 Å². The SMILES string of the molecule is O=S([O-])c1ccccc1C1=C2C=C3CCCN4CCCC(=C2Oc2c1cc1c5c2CCCN5CCC1)C34. The fraction of sp³-hybridized carbons (Fsp3) is 0.419. The van der Waals surface area contributed by atoms with Crippen molar-refractivity contribution in [3.05, 3.63) is 81.1 Å². The summed E-state index contributed by atoms with van der Waals surface area (Å²) >= 11 is -2.33. The topological polar surface area (TPSA) is 55.8 Å². The molecule has 8 rings (SSSR count). The molecule has 190 valence electrons. The Labute approximate surface area is 220 Å². The van der Waals surface area contributed by atoms with E-state index in [1.165, 1.54) is 34.4 Å². The van der Waals surface area contributed by atoms with E-state index in [9.17, 15) is 8.76 Å². The van der Waals surface area contributed by atoms with Crippen molar-refractivity contribution in [1.82, 2.24) is 4.90 Å². The number of rotatable bonds is 2. The number of hydrogen-bond donors (Lipinski definition) is 0. The average Bonchev–Trinajstić information content (AvgIpc) is 2.93. The highest BCUT2D eigenvalue weighted by atomic mass is 32.2. The standard InChI is InChI=1S/C31H32N2O3S/c34-37(35)26-12-2-1-9-21(26)27-24-17-19-7-3-13-32-15-5-10-22(28(19)32)30(24)36-31-23-11-6-16-33-14-4-8-20(29(23)33)18-25(27)31/h1-2,9,12,17-18,28H,3-8,10-11,13-16H2,(H,34,35)/p-1. The Balaban J connectivity index is 1.47. The number of aryl methyl sites for hydroxylation is 1. The summed E-state index contributed by atoms with van der Waals surface area (Å²) in [7, 11) is 0. The number of fused-ring (bicyclic) bond motifs is 3. The van der Waals surface area contributed by atoms with Gasteiger partial charge in [-0.2, -0.15) is 0 Å². The second-order valence-electron chi connectivity index (χ2n) is 11.3. The maximum atomic E-state index is 12.5. The Kier molecular flexibility index (Phi) is 5.08. The third-order valence-corrected chi connectivity index (χ3v) is 9.98. The molecule has 2 saturated heterocycles. The fourth-order valence-corrected chi connectivity index (χ4v) is 8.43. The van der Waals surface area contributed by atoms with Gasteiger partial charge in [-0.3, -0.25) is 9.11 Å². The highest BCUT2D eigenvalue weighted by molar-refractivity contribution is 7.79. The van der Waals surface area contributed by atoms with Gasteiger partial charge in [-0.25, -0.2) is 0 Å². The smallest absolute Gasteiger partial charge is 0.140 e. The number of anilines is 1. The zero-order valence-electron chi connectivity index (χ0n) is 21.1. The molecule has 0 N–H and O–H groups in total. The van der Waals surface area contributed by atoms with Gasteiger partial charge in [0.05, 0.1) is 6.04 Å². The van der Waals surface area contributed by atoms with Crippen molar-refractivity contribution in [3.63, 3.8) is 0 Å². The van der Waals surface area contributed by atoms with Gasteiger partial charge in [0, 0.05) is 45.9 Å². The first kappa shape index (κ1) is 22.3. The number of hydrogen-bond acceptors (Lipinski definition) is 5. The third kappa shape index (κ3) is 3.25. The normalized spacial score (nSPS) is 24.9. The van der Waals surface area contributed by atoms with Crippen LogP contribution >= 0.6 is 0 Å². The van der Waals surface area contributed by atoms with E-state index in [0.29, 0.717) is 10.9 Å². The van der Waals surface area contributed by atoms with Gasteiger partial charge < -0.3 is 14.2 Å². The molecule has 0 amide bonds. The molecule has 0 radical (unpaired) electrons. The zero-order chi connectivity index (χ0) is 24.7. The van der Waals surface area contributed by atoms with Gasteiger partial charge in [0.15, 0.2) is 0 Å². The van der Waals surface area contributed by atoms with Gasteiger partial charge >= 0.3 is 0 Å². The number of nitrogens with zero attached hydrogens (tertiary/aromatic N) is 2. The van der Waals surface area contributed by atoms with Gasteiger partial charge in [-0.1, -0.05) is 18.2 Å². The molecule has 0 saturated carbocycles. The van der Waals surface area contributed by atoms with Gasteiger partial charge in [-0.15, -0.1) is 0 Å². The van der Waals surface area contributed by atoms with Crippen molar-refractivity contribution >= 4 is 22.3 Å². The van der Waals surface area contributed by atoms with Crippen LogP contribution in [-0.4, -0.2) is 45.9 Å². The minimum Gasteiger partial charge on any atom is -0.768 e. The highest BCUT2D eigenvalue weighted by Crippen LogP contribution is 2.54. The maximum absolute atomic E-state index is 12.5. The van der Waals surface area contributed by atoms with Crippen LogP contribution in [0.3, 0.4) is 0 Å². The summed E-state index contributed by atoms with van der Waals surface area (Å²) in [5.41, 5.74) is 11.0. The van der Waals surface area contributed by atoms with Crippen LogP contribution in [0.1, 0.15) is 60.8 Å². The van der Waals surface area contributed by atoms with E-state index in [1.807, 2.05) is 18.2 Å². The Bertz CT molecular complexity index is 1470. The first-order valence-electron chi connectivity index (χ1n) is 13.9. The summed E-state index contributed by atoms with van der Waals surface area (Å²) in [6.45, 7) is 4.52. The summed E-state index contributed by atoms with van der Waals surface area (Å²) in [5, 5.41) is 0.